The molecular formula is C11H18N2O5S. The topological polar surface area (TPSA) is 95.0 Å². The molecule has 0 spiro atoms. The summed E-state index contributed by atoms with van der Waals surface area (Å²) >= 11 is 0. The van der Waals surface area contributed by atoms with Crippen LogP contribution in [0.4, 0.5) is 0 Å². The highest BCUT2D eigenvalue weighted by Crippen LogP contribution is 2.20. The van der Waals surface area contributed by atoms with Gasteiger partial charge in [0.15, 0.2) is 9.84 Å². The molecule has 2 aliphatic rings. The summed E-state index contributed by atoms with van der Waals surface area (Å²) in [6, 6.07) is -0.670. The molecular weight excluding hydrogens is 272 g/mol. The summed E-state index contributed by atoms with van der Waals surface area (Å²) in [5.74, 6) is -0.873. The minimum atomic E-state index is -3.28. The average Bonchev–Trinajstić information content (AvgIpc) is 2.61. The highest BCUT2D eigenvalue weighted by atomic mass is 32.2. The van der Waals surface area contributed by atoms with Crippen molar-refractivity contribution >= 4 is 21.7 Å². The van der Waals surface area contributed by atoms with E-state index in [1.54, 1.807) is 6.92 Å². The van der Waals surface area contributed by atoms with Gasteiger partial charge >= 0.3 is 0 Å². The Morgan fingerprint density at radius 2 is 2.05 bits per heavy atom. The van der Waals surface area contributed by atoms with E-state index in [-0.39, 0.29) is 36.4 Å². The number of aliphatic hydroxyl groups excluding tert-OH is 1. The van der Waals surface area contributed by atoms with Crippen molar-refractivity contribution in [3.05, 3.63) is 0 Å². The first-order chi connectivity index (χ1) is 8.84. The normalized spacial score (nSPS) is 30.7. The lowest BCUT2D eigenvalue weighted by Gasteiger charge is -2.38. The van der Waals surface area contributed by atoms with Gasteiger partial charge in [0.05, 0.1) is 30.2 Å². The average molecular weight is 290 g/mol. The van der Waals surface area contributed by atoms with E-state index >= 15 is 0 Å². The Kier molecular flexibility index (Phi) is 3.82. The third kappa shape index (κ3) is 2.89. The summed E-state index contributed by atoms with van der Waals surface area (Å²) in [4.78, 5) is 26.4. The number of piperazine rings is 1. The van der Waals surface area contributed by atoms with Gasteiger partial charge in [-0.15, -0.1) is 0 Å². The zero-order valence-electron chi connectivity index (χ0n) is 10.8. The second-order valence-electron chi connectivity index (χ2n) is 4.97. The number of aliphatic hydroxyl groups is 1. The first-order valence-corrected chi connectivity index (χ1v) is 8.12. The Morgan fingerprint density at radius 3 is 2.53 bits per heavy atom. The van der Waals surface area contributed by atoms with Gasteiger partial charge in [0, 0.05) is 19.5 Å². The number of hydrogen-bond donors (Lipinski definition) is 1. The van der Waals surface area contributed by atoms with Crippen LogP contribution in [0.5, 0.6) is 0 Å². The SMILES string of the molecule is CCC(=O)N1CCN(C2CS(=O)(=O)CC2O)C(=O)C1. The molecule has 19 heavy (non-hydrogen) atoms. The van der Waals surface area contributed by atoms with E-state index in [4.69, 9.17) is 0 Å². The quantitative estimate of drug-likeness (QED) is 0.649. The first kappa shape index (κ1) is 14.3. The van der Waals surface area contributed by atoms with Crippen molar-refractivity contribution in [1.29, 1.82) is 0 Å². The zero-order chi connectivity index (χ0) is 14.2. The van der Waals surface area contributed by atoms with Crippen LogP contribution in [-0.4, -0.2) is 78.4 Å². The number of rotatable bonds is 2. The monoisotopic (exact) mass is 290 g/mol. The Morgan fingerprint density at radius 1 is 1.37 bits per heavy atom. The molecule has 0 radical (unpaired) electrons. The van der Waals surface area contributed by atoms with Gasteiger partial charge < -0.3 is 14.9 Å². The number of sulfone groups is 1. The predicted molar refractivity (Wildman–Crippen MR) is 67.0 cm³/mol. The molecule has 2 aliphatic heterocycles. The fourth-order valence-electron chi connectivity index (χ4n) is 2.58. The van der Waals surface area contributed by atoms with Gasteiger partial charge in [-0.05, 0) is 0 Å². The van der Waals surface area contributed by atoms with Crippen LogP contribution in [0.2, 0.25) is 0 Å². The highest BCUT2D eigenvalue weighted by Gasteiger charge is 2.43. The summed E-state index contributed by atoms with van der Waals surface area (Å²) in [7, 11) is -3.28. The van der Waals surface area contributed by atoms with E-state index in [9.17, 15) is 23.1 Å². The van der Waals surface area contributed by atoms with Crippen molar-refractivity contribution in [1.82, 2.24) is 9.80 Å². The smallest absolute Gasteiger partial charge is 0.242 e. The lowest BCUT2D eigenvalue weighted by molar-refractivity contribution is -0.148. The van der Waals surface area contributed by atoms with Gasteiger partial charge in [-0.3, -0.25) is 9.59 Å². The van der Waals surface area contributed by atoms with E-state index in [1.165, 1.54) is 9.80 Å². The molecule has 2 fully saturated rings. The standard InChI is InChI=1S/C11H18N2O5S/c1-2-10(15)12-3-4-13(11(16)5-12)8-6-19(17,18)7-9(8)14/h8-9,14H,2-7H2,1H3. The molecule has 0 aromatic heterocycles. The fraction of sp³-hybridized carbons (Fsp3) is 0.818. The maximum absolute atomic E-state index is 12.0. The van der Waals surface area contributed by atoms with Crippen molar-refractivity contribution in [2.45, 2.75) is 25.5 Å². The van der Waals surface area contributed by atoms with Gasteiger partial charge in [-0.2, -0.15) is 0 Å². The van der Waals surface area contributed by atoms with Crippen LogP contribution in [0.25, 0.3) is 0 Å². The second kappa shape index (κ2) is 5.09. The van der Waals surface area contributed by atoms with Crippen LogP contribution in [0.3, 0.4) is 0 Å². The fourth-order valence-corrected chi connectivity index (χ4v) is 4.38. The van der Waals surface area contributed by atoms with Crippen molar-refractivity contribution < 1.29 is 23.1 Å². The maximum Gasteiger partial charge on any atom is 0.242 e. The summed E-state index contributed by atoms with van der Waals surface area (Å²) in [6.45, 7) is 2.37. The van der Waals surface area contributed by atoms with Gasteiger partial charge in [0.1, 0.15) is 0 Å². The summed E-state index contributed by atoms with van der Waals surface area (Å²) < 4.78 is 22.9. The van der Waals surface area contributed by atoms with Crippen molar-refractivity contribution in [3.8, 4) is 0 Å². The summed E-state index contributed by atoms with van der Waals surface area (Å²) in [5.41, 5.74) is 0. The number of amides is 2. The molecule has 0 saturated carbocycles. The lowest BCUT2D eigenvalue weighted by atomic mass is 10.1. The van der Waals surface area contributed by atoms with Crippen molar-refractivity contribution in [2.75, 3.05) is 31.1 Å². The molecule has 2 atom stereocenters. The molecule has 7 nitrogen and oxygen atoms in total. The molecule has 0 aromatic rings. The van der Waals surface area contributed by atoms with E-state index in [0.29, 0.717) is 13.0 Å². The molecule has 2 unspecified atom stereocenters. The minimum Gasteiger partial charge on any atom is -0.390 e. The largest absolute Gasteiger partial charge is 0.390 e. The number of hydrogen-bond acceptors (Lipinski definition) is 5. The molecule has 0 bridgehead atoms. The van der Waals surface area contributed by atoms with E-state index in [2.05, 4.69) is 0 Å². The van der Waals surface area contributed by atoms with Crippen LogP contribution in [-0.2, 0) is 19.4 Å². The van der Waals surface area contributed by atoms with Gasteiger partial charge in [-0.1, -0.05) is 6.92 Å². The predicted octanol–water partition coefficient (Wildman–Crippen LogP) is -1.77. The van der Waals surface area contributed by atoms with Crippen LogP contribution in [0, 0.1) is 0 Å². The zero-order valence-corrected chi connectivity index (χ0v) is 11.6. The highest BCUT2D eigenvalue weighted by molar-refractivity contribution is 7.91. The van der Waals surface area contributed by atoms with Crippen LogP contribution < -0.4 is 0 Å². The minimum absolute atomic E-state index is 0.0318. The van der Waals surface area contributed by atoms with Crippen molar-refractivity contribution in [3.63, 3.8) is 0 Å². The third-order valence-electron chi connectivity index (χ3n) is 3.61. The Bertz CT molecular complexity index is 489. The molecule has 2 amide bonds. The van der Waals surface area contributed by atoms with E-state index < -0.39 is 22.0 Å². The Balaban J connectivity index is 2.05. The van der Waals surface area contributed by atoms with Crippen LogP contribution in [0.1, 0.15) is 13.3 Å². The molecule has 2 saturated heterocycles. The molecule has 2 rings (SSSR count). The van der Waals surface area contributed by atoms with Crippen molar-refractivity contribution in [2.24, 2.45) is 0 Å². The Labute approximate surface area is 112 Å². The van der Waals surface area contributed by atoms with Gasteiger partial charge in [-0.25, -0.2) is 8.42 Å². The van der Waals surface area contributed by atoms with Gasteiger partial charge in [0.25, 0.3) is 0 Å². The molecule has 0 aromatic carbocycles. The number of carbonyl (C=O) groups is 2. The third-order valence-corrected chi connectivity index (χ3v) is 5.31. The molecule has 1 N–H and O–H groups in total. The summed E-state index contributed by atoms with van der Waals surface area (Å²) in [6.07, 6.45) is -0.685. The molecule has 8 heteroatoms. The van der Waals surface area contributed by atoms with Crippen LogP contribution in [0.15, 0.2) is 0 Å². The van der Waals surface area contributed by atoms with Crippen LogP contribution >= 0.6 is 0 Å². The first-order valence-electron chi connectivity index (χ1n) is 6.30. The van der Waals surface area contributed by atoms with E-state index in [1.807, 2.05) is 0 Å². The summed E-state index contributed by atoms with van der Waals surface area (Å²) in [5, 5.41) is 9.76. The maximum atomic E-state index is 12.0. The molecule has 2 heterocycles. The number of carbonyl (C=O) groups excluding carboxylic acids is 2. The van der Waals surface area contributed by atoms with E-state index in [0.717, 1.165) is 0 Å². The molecule has 0 aliphatic carbocycles. The second-order valence-corrected chi connectivity index (χ2v) is 7.12. The lowest BCUT2D eigenvalue weighted by Crippen LogP contribution is -2.57. The molecule has 108 valence electrons. The van der Waals surface area contributed by atoms with Gasteiger partial charge in [0.2, 0.25) is 11.8 Å². The number of nitrogens with zero attached hydrogens (tertiary/aromatic N) is 2. The Hall–Kier alpha value is -1.15.